The lowest BCUT2D eigenvalue weighted by Crippen LogP contribution is -2.32. The van der Waals surface area contributed by atoms with Crippen LogP contribution in [0.5, 0.6) is 0 Å². The first-order chi connectivity index (χ1) is 56.1. The van der Waals surface area contributed by atoms with Gasteiger partial charge in [0, 0.05) is 123 Å². The highest BCUT2D eigenvalue weighted by molar-refractivity contribution is 5.66. The largest absolute Gasteiger partial charge is 0.212 e. The van der Waals surface area contributed by atoms with Crippen LogP contribution in [0.4, 0.5) is 0 Å². The Morgan fingerprint density at radius 3 is 0.868 bits per heavy atom. The average Bonchev–Trinajstić information content (AvgIpc) is 0.903. The zero-order valence-electron chi connectivity index (χ0n) is 80.4. The van der Waals surface area contributed by atoms with Gasteiger partial charge < -0.3 is 0 Å². The van der Waals surface area contributed by atoms with Crippen molar-refractivity contribution in [1.82, 2.24) is 0 Å². The van der Waals surface area contributed by atoms with Gasteiger partial charge in [-0.25, -0.2) is 27.4 Å². The number of aryl methyl sites for hydroxylation is 20. The van der Waals surface area contributed by atoms with Gasteiger partial charge in [0.15, 0.2) is 37.2 Å². The van der Waals surface area contributed by atoms with Crippen LogP contribution in [-0.4, -0.2) is 0 Å². The standard InChI is InChI=1S/2C18H22N.4C16H20N/c1-14-7-3-6-10-17(14)18-13-16(11-12-19(18)2)15-8-4-5-9-15;1-14-7-3-6-10-17(14)18-12-11-16(13-19(18)2)15-8-4-5-9-15;2*1-5-14-10-16(17(4)11-13(14)3)15-9-7-6-8-12(15)2;2*1-5-14-11-17(4)16(10-13(14)3)15-9-7-6-8-12(15)2/h2*3,6-7,10-13,15H,4-5,8-9H2,1-2H3;4*6-11H,5H2,1-4H3/q6*+1/i;;2*3D3,5D2;2*5D2. The Hall–Kier alpha value is -9.78. The van der Waals surface area contributed by atoms with Crippen molar-refractivity contribution < 1.29 is 46.6 Å². The third kappa shape index (κ3) is 20.4. The van der Waals surface area contributed by atoms with Gasteiger partial charge in [-0.1, -0.05) is 163 Å². The van der Waals surface area contributed by atoms with Gasteiger partial charge >= 0.3 is 0 Å². The SMILES string of the molecule is Cc1ccccc1-c1cc(C2CCCC2)cc[n+]1C.Cc1ccccc1-c1ccc(C2CCCC2)c[n+]1C.[2H]C([2H])(C)c1c[n+](C)c(-c2ccccc2C)cc1C.[2H]C([2H])(C)c1c[n+](C)c(-c2ccccc2C)cc1C.[2H]C([2H])([2H])c1c[n+](C)c(-c2ccccc2C)cc1C([2H])([2H])C.[2H]C([2H])([2H])c1c[n+](C)c(-c2ccccc2C)cc1C([2H])([2H])C. The van der Waals surface area contributed by atoms with Crippen molar-refractivity contribution in [1.29, 1.82) is 0 Å². The number of aromatic nitrogens is 6. The molecule has 6 aromatic heterocycles. The molecule has 6 heterocycles. The van der Waals surface area contributed by atoms with E-state index in [1.807, 2.05) is 136 Å². The van der Waals surface area contributed by atoms with Crippen LogP contribution in [0.15, 0.2) is 231 Å². The first-order valence-corrected chi connectivity index (χ1v) is 37.6. The Kier molecular flexibility index (Phi) is 22.7. The molecule has 106 heavy (non-hydrogen) atoms. The maximum atomic E-state index is 7.98. The van der Waals surface area contributed by atoms with Gasteiger partial charge in [0.2, 0.25) is 34.2 Å². The molecule has 6 heteroatoms. The zero-order chi connectivity index (χ0) is 88.3. The smallest absolute Gasteiger partial charge is 0.201 e. The highest BCUT2D eigenvalue weighted by Gasteiger charge is 2.24. The lowest BCUT2D eigenvalue weighted by Gasteiger charge is -2.11. The van der Waals surface area contributed by atoms with Crippen LogP contribution in [0.1, 0.15) is 199 Å². The van der Waals surface area contributed by atoms with Crippen LogP contribution in [0, 0.1) is 69.1 Å². The molecule has 0 unspecified atom stereocenters. The minimum atomic E-state index is -2.35. The number of nitrogens with zero attached hydrogens (tertiary/aromatic N) is 6. The monoisotopic (exact) mass is 1420 g/mol. The molecule has 0 N–H and O–H groups in total. The van der Waals surface area contributed by atoms with Crippen molar-refractivity contribution in [3.8, 4) is 67.5 Å². The quantitative estimate of drug-likeness (QED) is 0.109. The third-order valence-corrected chi connectivity index (χ3v) is 21.1. The van der Waals surface area contributed by atoms with Crippen LogP contribution in [0.2, 0.25) is 0 Å². The zero-order valence-corrected chi connectivity index (χ0v) is 66.4. The molecule has 2 fully saturated rings. The maximum absolute atomic E-state index is 7.98. The van der Waals surface area contributed by atoms with Crippen molar-refractivity contribution >= 4 is 0 Å². The Morgan fingerprint density at radius 1 is 0.274 bits per heavy atom. The van der Waals surface area contributed by atoms with E-state index >= 15 is 0 Å². The molecule has 0 bridgehead atoms. The summed E-state index contributed by atoms with van der Waals surface area (Å²) in [4.78, 5) is 0. The van der Waals surface area contributed by atoms with E-state index < -0.39 is 39.2 Å². The highest BCUT2D eigenvalue weighted by Crippen LogP contribution is 2.37. The minimum absolute atomic E-state index is 0.0554. The fourth-order valence-electron chi connectivity index (χ4n) is 14.7. The second-order valence-electron chi connectivity index (χ2n) is 28.7. The van der Waals surface area contributed by atoms with Crippen LogP contribution in [0.25, 0.3) is 67.5 Å². The van der Waals surface area contributed by atoms with Gasteiger partial charge in [0.05, 0.1) is 0 Å². The summed E-state index contributed by atoms with van der Waals surface area (Å²) in [5.74, 6) is 1.57. The van der Waals surface area contributed by atoms with E-state index in [1.165, 1.54) is 145 Å². The van der Waals surface area contributed by atoms with Crippen molar-refractivity contribution in [2.24, 2.45) is 42.3 Å². The first-order valence-electron chi connectivity index (χ1n) is 44.6. The molecule has 6 nitrogen and oxygen atoms in total. The molecule has 2 aliphatic carbocycles. The summed E-state index contributed by atoms with van der Waals surface area (Å²) in [6, 6.07) is 66.1. The van der Waals surface area contributed by atoms with E-state index in [1.54, 1.807) is 49.2 Å². The minimum Gasteiger partial charge on any atom is -0.201 e. The molecule has 2 aliphatic rings. The summed E-state index contributed by atoms with van der Waals surface area (Å²) in [5, 5.41) is 0. The van der Waals surface area contributed by atoms with E-state index in [4.69, 9.17) is 19.2 Å². The van der Waals surface area contributed by atoms with Crippen molar-refractivity contribution in [2.45, 2.75) is 185 Å². The summed E-state index contributed by atoms with van der Waals surface area (Å²) < 4.78 is 121. The third-order valence-electron chi connectivity index (χ3n) is 21.1. The van der Waals surface area contributed by atoms with Gasteiger partial charge in [-0.15, -0.1) is 0 Å². The normalized spacial score (nSPS) is 15.2. The molecule has 0 aliphatic heterocycles. The molecular formula is C100H124N6+6. The predicted octanol–water partition coefficient (Wildman–Crippen LogP) is 21.7. The lowest BCUT2D eigenvalue weighted by molar-refractivity contribution is -0.661. The lowest BCUT2D eigenvalue weighted by atomic mass is 9.95. The van der Waals surface area contributed by atoms with Crippen LogP contribution in [0.3, 0.4) is 0 Å². The molecule has 6 aromatic carbocycles. The molecule has 2 saturated carbocycles. The van der Waals surface area contributed by atoms with Gasteiger partial charge in [-0.2, -0.15) is 0 Å². The topological polar surface area (TPSA) is 23.3 Å². The second kappa shape index (κ2) is 38.5. The summed E-state index contributed by atoms with van der Waals surface area (Å²) in [6.45, 7) is 17.7. The maximum Gasteiger partial charge on any atom is 0.212 e. The van der Waals surface area contributed by atoms with Gasteiger partial charge in [-0.05, 0) is 236 Å². The van der Waals surface area contributed by atoms with Crippen LogP contribution < -0.4 is 27.4 Å². The van der Waals surface area contributed by atoms with E-state index in [0.29, 0.717) is 0 Å². The van der Waals surface area contributed by atoms with E-state index in [0.717, 1.165) is 79.1 Å². The Labute approximate surface area is 659 Å². The Morgan fingerprint density at radius 2 is 0.557 bits per heavy atom. The molecule has 0 amide bonds. The van der Waals surface area contributed by atoms with E-state index in [-0.39, 0.29) is 22.3 Å². The molecule has 12 aromatic rings. The summed E-state index contributed by atoms with van der Waals surface area (Å²) in [5.41, 5.74) is 27.8. The number of hydrogen-bond acceptors (Lipinski definition) is 0. The molecule has 0 spiro atoms. The number of pyridine rings is 6. The summed E-state index contributed by atoms with van der Waals surface area (Å²) in [6.07, 6.45) is 16.3. The Bertz CT molecular complexity index is 5320. The van der Waals surface area contributed by atoms with Crippen molar-refractivity contribution in [3.63, 3.8) is 0 Å². The Balaban J connectivity index is 0.000000164. The summed E-state index contributed by atoms with van der Waals surface area (Å²) in [7, 11) is 11.8. The number of hydrogen-bond donors (Lipinski definition) is 0. The molecular weight excluding hydrogens is 1290 g/mol. The number of rotatable bonds is 12. The van der Waals surface area contributed by atoms with E-state index in [2.05, 4.69) is 173 Å². The predicted molar refractivity (Wildman–Crippen MR) is 446 cm³/mol. The fourth-order valence-corrected chi connectivity index (χ4v) is 14.7. The molecule has 0 atom stereocenters. The van der Waals surface area contributed by atoms with Crippen LogP contribution in [-0.2, 0) is 67.8 Å². The van der Waals surface area contributed by atoms with E-state index in [9.17, 15) is 0 Å². The average molecular weight is 1420 g/mol. The highest BCUT2D eigenvalue weighted by atomic mass is 14.9. The van der Waals surface area contributed by atoms with Gasteiger partial charge in [-0.3, -0.25) is 0 Å². The second-order valence-corrected chi connectivity index (χ2v) is 28.7. The van der Waals surface area contributed by atoms with Crippen molar-refractivity contribution in [2.75, 3.05) is 0 Å². The van der Waals surface area contributed by atoms with Crippen molar-refractivity contribution in [3.05, 3.63) is 320 Å². The van der Waals surface area contributed by atoms with Gasteiger partial charge in [0.25, 0.3) is 0 Å². The number of benzene rings is 6. The molecule has 0 radical (unpaired) electrons. The summed E-state index contributed by atoms with van der Waals surface area (Å²) >= 11 is 0. The van der Waals surface area contributed by atoms with Gasteiger partial charge in [0.1, 0.15) is 42.3 Å². The molecule has 548 valence electrons. The van der Waals surface area contributed by atoms with Crippen LogP contribution >= 0.6 is 0 Å². The fraction of sp³-hybridized carbons (Fsp3) is 0.340. The molecule has 14 rings (SSSR count). The first kappa shape index (κ1) is 62.4. The molecule has 0 saturated heterocycles.